The summed E-state index contributed by atoms with van der Waals surface area (Å²) in [5, 5.41) is 9.20. The largest absolute Gasteiger partial charge is 0.500 e. The number of carboxylic acid groups (broad SMARTS) is 1. The van der Waals surface area contributed by atoms with Gasteiger partial charge in [-0.2, -0.15) is 0 Å². The first-order valence-corrected chi connectivity index (χ1v) is 8.32. The molecule has 2 unspecified atom stereocenters. The molecule has 0 aliphatic carbocycles. The Kier molecular flexibility index (Phi) is 5.03. The van der Waals surface area contributed by atoms with Crippen LogP contribution in [0.2, 0.25) is 6.04 Å². The second-order valence-corrected chi connectivity index (χ2v) is 8.95. The van der Waals surface area contributed by atoms with Crippen molar-refractivity contribution in [1.29, 1.82) is 0 Å². The standard InChI is InChI=1S/C10H20O5SSi/c1-10(9(11)12)8(16-10)6-5-7-17(13-2,14-3)15-4/h8H,5-7H2,1-4H3,(H,11,12). The molecule has 17 heavy (non-hydrogen) atoms. The zero-order valence-corrected chi connectivity index (χ0v) is 12.5. The molecule has 0 amide bonds. The Balaban J connectivity index is 2.32. The predicted molar refractivity (Wildman–Crippen MR) is 68.2 cm³/mol. The van der Waals surface area contributed by atoms with Gasteiger partial charge in [-0.15, -0.1) is 11.8 Å². The van der Waals surface area contributed by atoms with E-state index in [9.17, 15) is 4.79 Å². The van der Waals surface area contributed by atoms with Crippen LogP contribution in [0.25, 0.3) is 0 Å². The Labute approximate surface area is 107 Å². The number of carboxylic acids is 1. The third-order valence-corrected chi connectivity index (χ3v) is 7.77. The first kappa shape index (κ1) is 15.0. The molecule has 0 radical (unpaired) electrons. The fraction of sp³-hybridized carbons (Fsp3) is 0.900. The Morgan fingerprint density at radius 2 is 1.88 bits per heavy atom. The van der Waals surface area contributed by atoms with Gasteiger partial charge in [0.05, 0.1) is 0 Å². The van der Waals surface area contributed by atoms with Crippen LogP contribution in [0.3, 0.4) is 0 Å². The van der Waals surface area contributed by atoms with E-state index in [1.54, 1.807) is 28.3 Å². The highest BCUT2D eigenvalue weighted by atomic mass is 32.2. The number of thioether (sulfide) groups is 1. The molecule has 1 heterocycles. The fourth-order valence-electron chi connectivity index (χ4n) is 1.84. The number of rotatable bonds is 8. The van der Waals surface area contributed by atoms with Crippen LogP contribution in [-0.2, 0) is 18.1 Å². The molecule has 0 aromatic rings. The first-order chi connectivity index (χ1) is 7.94. The summed E-state index contributed by atoms with van der Waals surface area (Å²) in [7, 11) is 2.28. The van der Waals surface area contributed by atoms with Crippen LogP contribution in [0.1, 0.15) is 19.8 Å². The molecule has 7 heteroatoms. The van der Waals surface area contributed by atoms with Crippen molar-refractivity contribution in [1.82, 2.24) is 0 Å². The third-order valence-electron chi connectivity index (χ3n) is 3.25. The van der Waals surface area contributed by atoms with Gasteiger partial charge in [0.2, 0.25) is 0 Å². The van der Waals surface area contributed by atoms with Gasteiger partial charge in [-0.3, -0.25) is 4.79 Å². The number of aliphatic carboxylic acids is 1. The van der Waals surface area contributed by atoms with Crippen molar-refractivity contribution in [3.63, 3.8) is 0 Å². The monoisotopic (exact) mass is 280 g/mol. The predicted octanol–water partition coefficient (Wildman–Crippen LogP) is 1.60. The Morgan fingerprint density at radius 1 is 1.35 bits per heavy atom. The lowest BCUT2D eigenvalue weighted by atomic mass is 10.1. The molecule has 1 fully saturated rings. The van der Waals surface area contributed by atoms with E-state index in [1.807, 2.05) is 0 Å². The SMILES string of the molecule is CO[Si](CCCC1SC1(C)C(=O)O)(OC)OC. The lowest BCUT2D eigenvalue weighted by molar-refractivity contribution is -0.138. The maximum absolute atomic E-state index is 10.9. The number of hydrogen-bond acceptors (Lipinski definition) is 5. The van der Waals surface area contributed by atoms with Crippen molar-refractivity contribution in [3.05, 3.63) is 0 Å². The summed E-state index contributed by atoms with van der Waals surface area (Å²) < 4.78 is 15.3. The average Bonchev–Trinajstić information content (AvgIpc) is 2.98. The minimum Gasteiger partial charge on any atom is -0.480 e. The van der Waals surface area contributed by atoms with Crippen molar-refractivity contribution in [2.75, 3.05) is 21.3 Å². The third kappa shape index (κ3) is 3.23. The zero-order chi connectivity index (χ0) is 13.1. The molecule has 1 aliphatic heterocycles. The highest BCUT2D eigenvalue weighted by molar-refractivity contribution is 8.09. The van der Waals surface area contributed by atoms with Gasteiger partial charge in [0.1, 0.15) is 4.75 Å². The Bertz CT molecular complexity index is 276. The van der Waals surface area contributed by atoms with Gasteiger partial charge in [-0.25, -0.2) is 0 Å². The molecular formula is C10H20O5SSi. The quantitative estimate of drug-likeness (QED) is 0.538. The smallest absolute Gasteiger partial charge is 0.480 e. The van der Waals surface area contributed by atoms with Crippen molar-refractivity contribution in [3.8, 4) is 0 Å². The van der Waals surface area contributed by atoms with Crippen molar-refractivity contribution < 1.29 is 23.2 Å². The highest BCUT2D eigenvalue weighted by Gasteiger charge is 2.57. The van der Waals surface area contributed by atoms with E-state index in [-0.39, 0.29) is 5.25 Å². The van der Waals surface area contributed by atoms with Gasteiger partial charge in [-0.1, -0.05) is 0 Å². The molecule has 0 aromatic heterocycles. The summed E-state index contributed by atoms with van der Waals surface area (Å²) in [6.07, 6.45) is 1.72. The average molecular weight is 280 g/mol. The molecule has 0 spiro atoms. The maximum Gasteiger partial charge on any atom is 0.500 e. The normalized spacial score (nSPS) is 28.1. The van der Waals surface area contributed by atoms with Crippen LogP contribution in [0, 0.1) is 0 Å². The lowest BCUT2D eigenvalue weighted by Crippen LogP contribution is -2.42. The van der Waals surface area contributed by atoms with E-state index in [0.29, 0.717) is 0 Å². The van der Waals surface area contributed by atoms with E-state index in [0.717, 1.165) is 18.9 Å². The van der Waals surface area contributed by atoms with E-state index in [4.69, 9.17) is 18.4 Å². The summed E-state index contributed by atoms with van der Waals surface area (Å²) in [6.45, 7) is 1.78. The number of hydrogen-bond donors (Lipinski definition) is 1. The topological polar surface area (TPSA) is 65.0 Å². The van der Waals surface area contributed by atoms with Gasteiger partial charge < -0.3 is 18.4 Å². The van der Waals surface area contributed by atoms with Gasteiger partial charge in [0, 0.05) is 32.6 Å². The van der Waals surface area contributed by atoms with Crippen LogP contribution >= 0.6 is 11.8 Å². The molecule has 0 saturated carbocycles. The van der Waals surface area contributed by atoms with Gasteiger partial charge in [0.25, 0.3) is 0 Å². The summed E-state index contributed by atoms with van der Waals surface area (Å²) in [5.41, 5.74) is 0. The summed E-state index contributed by atoms with van der Waals surface area (Å²) >= 11 is 1.51. The molecule has 5 nitrogen and oxygen atoms in total. The van der Waals surface area contributed by atoms with Crippen LogP contribution in [0.5, 0.6) is 0 Å². The lowest BCUT2D eigenvalue weighted by Gasteiger charge is -2.24. The minimum absolute atomic E-state index is 0.206. The van der Waals surface area contributed by atoms with Crippen LogP contribution in [0.4, 0.5) is 0 Å². The van der Waals surface area contributed by atoms with E-state index < -0.39 is 19.5 Å². The van der Waals surface area contributed by atoms with Crippen molar-refractivity contribution in [2.45, 2.75) is 35.8 Å². The Hall–Kier alpha value is -0.0831. The molecular weight excluding hydrogens is 260 g/mol. The van der Waals surface area contributed by atoms with E-state index >= 15 is 0 Å². The molecule has 1 N–H and O–H groups in total. The van der Waals surface area contributed by atoms with Crippen LogP contribution in [-0.4, -0.2) is 51.2 Å². The minimum atomic E-state index is -2.49. The summed E-state index contributed by atoms with van der Waals surface area (Å²) in [4.78, 5) is 10.9. The second-order valence-electron chi connectivity index (χ2n) is 4.21. The molecule has 2 atom stereocenters. The summed E-state index contributed by atoms with van der Waals surface area (Å²) in [5.74, 6) is -0.721. The fourth-order valence-corrected chi connectivity index (χ4v) is 4.72. The first-order valence-electron chi connectivity index (χ1n) is 5.51. The van der Waals surface area contributed by atoms with Crippen molar-refractivity contribution in [2.24, 2.45) is 0 Å². The summed E-state index contributed by atoms with van der Waals surface area (Å²) in [6, 6.07) is 0.725. The second kappa shape index (κ2) is 5.70. The van der Waals surface area contributed by atoms with Crippen LogP contribution in [0.15, 0.2) is 0 Å². The molecule has 0 bridgehead atoms. The molecule has 0 aromatic carbocycles. The molecule has 100 valence electrons. The Morgan fingerprint density at radius 3 is 2.24 bits per heavy atom. The van der Waals surface area contributed by atoms with Gasteiger partial charge in [-0.05, 0) is 19.8 Å². The molecule has 1 rings (SSSR count). The van der Waals surface area contributed by atoms with Gasteiger partial charge >= 0.3 is 14.8 Å². The number of carbonyl (C=O) groups is 1. The molecule has 1 aliphatic rings. The van der Waals surface area contributed by atoms with Crippen molar-refractivity contribution >= 4 is 26.5 Å². The maximum atomic E-state index is 10.9. The van der Waals surface area contributed by atoms with E-state index in [1.165, 1.54) is 11.8 Å². The highest BCUT2D eigenvalue weighted by Crippen LogP contribution is 2.55. The van der Waals surface area contributed by atoms with Gasteiger partial charge in [0.15, 0.2) is 0 Å². The zero-order valence-electron chi connectivity index (χ0n) is 10.7. The van der Waals surface area contributed by atoms with Crippen LogP contribution < -0.4 is 0 Å². The van der Waals surface area contributed by atoms with E-state index in [2.05, 4.69) is 0 Å². The molecule has 1 saturated heterocycles.